The second-order valence-corrected chi connectivity index (χ2v) is 8.13. The number of hydrogen-bond donors (Lipinski definition) is 1. The van der Waals surface area contributed by atoms with E-state index in [9.17, 15) is 13.5 Å². The van der Waals surface area contributed by atoms with Crippen molar-refractivity contribution in [3.05, 3.63) is 35.4 Å². The van der Waals surface area contributed by atoms with Gasteiger partial charge in [0.2, 0.25) is 0 Å². The van der Waals surface area contributed by atoms with Crippen molar-refractivity contribution in [2.75, 3.05) is 11.5 Å². The summed E-state index contributed by atoms with van der Waals surface area (Å²) in [5, 5.41) is 10.3. The molecule has 104 valence electrons. The molecule has 2 aliphatic rings. The van der Waals surface area contributed by atoms with E-state index in [0.717, 1.165) is 5.56 Å². The summed E-state index contributed by atoms with van der Waals surface area (Å²) < 4.78 is 22.9. The van der Waals surface area contributed by atoms with Crippen molar-refractivity contribution in [1.29, 1.82) is 0 Å². The minimum absolute atomic E-state index is 0.124. The number of aliphatic hydroxyl groups is 1. The molecule has 3 nitrogen and oxygen atoms in total. The van der Waals surface area contributed by atoms with Gasteiger partial charge in [-0.2, -0.15) is 0 Å². The highest BCUT2D eigenvalue weighted by molar-refractivity contribution is 7.91. The highest BCUT2D eigenvalue weighted by atomic mass is 32.2. The van der Waals surface area contributed by atoms with Crippen LogP contribution in [0.3, 0.4) is 0 Å². The lowest BCUT2D eigenvalue weighted by Gasteiger charge is -2.26. The monoisotopic (exact) mass is 280 g/mol. The summed E-state index contributed by atoms with van der Waals surface area (Å²) in [6.07, 6.45) is 3.78. The van der Waals surface area contributed by atoms with E-state index < -0.39 is 15.9 Å². The lowest BCUT2D eigenvalue weighted by Crippen LogP contribution is -2.14. The topological polar surface area (TPSA) is 54.4 Å². The Morgan fingerprint density at radius 3 is 2.26 bits per heavy atom. The number of rotatable bonds is 3. The van der Waals surface area contributed by atoms with Gasteiger partial charge in [-0.1, -0.05) is 30.7 Å². The number of sulfone groups is 1. The maximum atomic E-state index is 11.5. The smallest absolute Gasteiger partial charge is 0.150 e. The fourth-order valence-electron chi connectivity index (χ4n) is 3.05. The first kappa shape index (κ1) is 13.1. The molecule has 2 unspecified atom stereocenters. The fraction of sp³-hybridized carbons (Fsp3) is 0.600. The molecule has 1 saturated carbocycles. The molecule has 1 aromatic rings. The second-order valence-electron chi connectivity index (χ2n) is 5.90. The van der Waals surface area contributed by atoms with Gasteiger partial charge in [0.15, 0.2) is 9.84 Å². The molecule has 1 heterocycles. The molecule has 1 aromatic carbocycles. The standard InChI is InChI=1S/C15H20O3S/c16-15(14-8-9-19(17,18)10-14)13-6-4-12(5-7-13)11-2-1-3-11/h4-7,11,14-16H,1-3,8-10H2. The number of aliphatic hydroxyl groups excluding tert-OH is 1. The molecule has 4 heteroatoms. The van der Waals surface area contributed by atoms with E-state index in [4.69, 9.17) is 0 Å². The van der Waals surface area contributed by atoms with Crippen molar-refractivity contribution in [2.24, 2.45) is 5.92 Å². The van der Waals surface area contributed by atoms with Crippen LogP contribution in [-0.4, -0.2) is 25.0 Å². The first-order valence-corrected chi connectivity index (χ1v) is 8.86. The molecule has 3 rings (SSSR count). The zero-order chi connectivity index (χ0) is 13.5. The quantitative estimate of drug-likeness (QED) is 0.925. The van der Waals surface area contributed by atoms with Crippen molar-refractivity contribution in [3.8, 4) is 0 Å². The molecule has 1 N–H and O–H groups in total. The molecule has 0 bridgehead atoms. The summed E-state index contributed by atoms with van der Waals surface area (Å²) in [6, 6.07) is 8.10. The summed E-state index contributed by atoms with van der Waals surface area (Å²) >= 11 is 0. The first-order valence-electron chi connectivity index (χ1n) is 7.03. The lowest BCUT2D eigenvalue weighted by atomic mass is 9.79. The van der Waals surface area contributed by atoms with Gasteiger partial charge in [0.05, 0.1) is 17.6 Å². The van der Waals surface area contributed by atoms with Gasteiger partial charge in [0.1, 0.15) is 0 Å². The van der Waals surface area contributed by atoms with E-state index in [1.165, 1.54) is 24.8 Å². The van der Waals surface area contributed by atoms with Gasteiger partial charge in [-0.15, -0.1) is 0 Å². The molecule has 0 aromatic heterocycles. The highest BCUT2D eigenvalue weighted by Crippen LogP contribution is 2.37. The maximum absolute atomic E-state index is 11.5. The fourth-order valence-corrected chi connectivity index (χ4v) is 4.88. The summed E-state index contributed by atoms with van der Waals surface area (Å²) in [7, 11) is -2.92. The molecule has 0 spiro atoms. The van der Waals surface area contributed by atoms with Crippen LogP contribution in [0.1, 0.15) is 48.8 Å². The third kappa shape index (κ3) is 2.70. The third-order valence-corrected chi connectivity index (χ3v) is 6.36. The first-order chi connectivity index (χ1) is 9.05. The van der Waals surface area contributed by atoms with Gasteiger partial charge < -0.3 is 5.11 Å². The Morgan fingerprint density at radius 1 is 1.11 bits per heavy atom. The van der Waals surface area contributed by atoms with Crippen LogP contribution in [0.4, 0.5) is 0 Å². The van der Waals surface area contributed by atoms with E-state index in [-0.39, 0.29) is 17.4 Å². The number of benzene rings is 1. The average Bonchev–Trinajstić information content (AvgIpc) is 2.68. The Balaban J connectivity index is 1.71. The van der Waals surface area contributed by atoms with Gasteiger partial charge in [-0.25, -0.2) is 8.42 Å². The van der Waals surface area contributed by atoms with Crippen LogP contribution in [0.5, 0.6) is 0 Å². The van der Waals surface area contributed by atoms with Gasteiger partial charge in [-0.3, -0.25) is 0 Å². The summed E-state index contributed by atoms with van der Waals surface area (Å²) in [5.41, 5.74) is 2.20. The third-order valence-electron chi connectivity index (χ3n) is 4.57. The zero-order valence-corrected chi connectivity index (χ0v) is 11.8. The number of hydrogen-bond acceptors (Lipinski definition) is 3. The van der Waals surface area contributed by atoms with Crippen molar-refractivity contribution >= 4 is 9.84 Å². The molecule has 2 atom stereocenters. The summed E-state index contributed by atoms with van der Waals surface area (Å²) in [5.74, 6) is 0.894. The molecule has 1 aliphatic heterocycles. The average molecular weight is 280 g/mol. The van der Waals surface area contributed by atoms with E-state index in [0.29, 0.717) is 12.3 Å². The molecule has 0 radical (unpaired) electrons. The predicted molar refractivity (Wildman–Crippen MR) is 74.8 cm³/mol. The Morgan fingerprint density at radius 2 is 1.79 bits per heavy atom. The molecule has 19 heavy (non-hydrogen) atoms. The van der Waals surface area contributed by atoms with Crippen LogP contribution in [0.25, 0.3) is 0 Å². The lowest BCUT2D eigenvalue weighted by molar-refractivity contribution is 0.121. The molecular formula is C15H20O3S. The van der Waals surface area contributed by atoms with Crippen LogP contribution < -0.4 is 0 Å². The van der Waals surface area contributed by atoms with E-state index in [1.807, 2.05) is 12.1 Å². The van der Waals surface area contributed by atoms with Gasteiger partial charge >= 0.3 is 0 Å². The highest BCUT2D eigenvalue weighted by Gasteiger charge is 2.33. The minimum atomic E-state index is -2.92. The Hall–Kier alpha value is -0.870. The predicted octanol–water partition coefficient (Wildman–Crippen LogP) is 2.42. The van der Waals surface area contributed by atoms with E-state index >= 15 is 0 Å². The van der Waals surface area contributed by atoms with E-state index in [2.05, 4.69) is 12.1 Å². The second kappa shape index (κ2) is 4.91. The maximum Gasteiger partial charge on any atom is 0.150 e. The zero-order valence-electron chi connectivity index (χ0n) is 11.0. The molecule has 1 saturated heterocycles. The van der Waals surface area contributed by atoms with Crippen LogP contribution in [0.2, 0.25) is 0 Å². The van der Waals surface area contributed by atoms with Crippen LogP contribution in [-0.2, 0) is 9.84 Å². The van der Waals surface area contributed by atoms with Crippen LogP contribution in [0.15, 0.2) is 24.3 Å². The molecule has 2 fully saturated rings. The van der Waals surface area contributed by atoms with Crippen LogP contribution >= 0.6 is 0 Å². The normalized spacial score (nSPS) is 27.9. The van der Waals surface area contributed by atoms with Crippen molar-refractivity contribution in [3.63, 3.8) is 0 Å². The van der Waals surface area contributed by atoms with Crippen molar-refractivity contribution < 1.29 is 13.5 Å². The molecular weight excluding hydrogens is 260 g/mol. The SMILES string of the molecule is O=S1(=O)CCC(C(O)c2ccc(C3CCC3)cc2)C1. The molecule has 0 amide bonds. The Labute approximate surface area is 114 Å². The van der Waals surface area contributed by atoms with Crippen molar-refractivity contribution in [2.45, 2.75) is 37.7 Å². The van der Waals surface area contributed by atoms with Gasteiger partial charge in [0, 0.05) is 5.92 Å². The van der Waals surface area contributed by atoms with Gasteiger partial charge in [-0.05, 0) is 36.3 Å². The Bertz CT molecular complexity index is 543. The van der Waals surface area contributed by atoms with E-state index in [1.54, 1.807) is 0 Å². The Kier molecular flexibility index (Phi) is 3.39. The van der Waals surface area contributed by atoms with Crippen LogP contribution in [0, 0.1) is 5.92 Å². The minimum Gasteiger partial charge on any atom is -0.388 e. The summed E-state index contributed by atoms with van der Waals surface area (Å²) in [6.45, 7) is 0. The largest absolute Gasteiger partial charge is 0.388 e. The van der Waals surface area contributed by atoms with Crippen molar-refractivity contribution in [1.82, 2.24) is 0 Å². The van der Waals surface area contributed by atoms with Gasteiger partial charge in [0.25, 0.3) is 0 Å². The summed E-state index contributed by atoms with van der Waals surface area (Å²) in [4.78, 5) is 0. The molecule has 1 aliphatic carbocycles.